The van der Waals surface area contributed by atoms with Crippen LogP contribution in [0, 0.1) is 5.82 Å². The Kier molecular flexibility index (Phi) is 4.19. The third-order valence-electron chi connectivity index (χ3n) is 3.46. The first-order valence-electron chi connectivity index (χ1n) is 6.96. The summed E-state index contributed by atoms with van der Waals surface area (Å²) < 4.78 is 40.9. The molecule has 0 amide bonds. The number of H-pyrrole nitrogens is 1. The van der Waals surface area contributed by atoms with E-state index in [2.05, 4.69) is 19.9 Å². The van der Waals surface area contributed by atoms with Gasteiger partial charge < -0.3 is 0 Å². The zero-order valence-corrected chi connectivity index (χ0v) is 12.6. The van der Waals surface area contributed by atoms with E-state index in [0.717, 1.165) is 12.8 Å². The van der Waals surface area contributed by atoms with Gasteiger partial charge in [0, 0.05) is 18.7 Å². The van der Waals surface area contributed by atoms with Crippen LogP contribution in [0.15, 0.2) is 24.3 Å². The van der Waals surface area contributed by atoms with E-state index in [1.807, 2.05) is 0 Å². The van der Waals surface area contributed by atoms with Gasteiger partial charge in [0.1, 0.15) is 11.6 Å². The summed E-state index contributed by atoms with van der Waals surface area (Å²) >= 11 is 0. The Labute approximate surface area is 127 Å². The van der Waals surface area contributed by atoms with Gasteiger partial charge in [-0.3, -0.25) is 5.10 Å². The molecule has 0 aliphatic carbocycles. The van der Waals surface area contributed by atoms with Gasteiger partial charge in [-0.15, -0.1) is 0 Å². The summed E-state index contributed by atoms with van der Waals surface area (Å²) in [5.41, 5.74) is 0.659. The average Bonchev–Trinajstić information content (AvgIpc) is 3.18. The fraction of sp³-hybridized carbons (Fsp3) is 0.385. The molecule has 1 aliphatic heterocycles. The Morgan fingerprint density at radius 1 is 1.23 bits per heavy atom. The molecular weight excluding hydrogens is 309 g/mol. The maximum Gasteiger partial charge on any atom is 0.279 e. The molecular formula is C13H16FN5O2S. The monoisotopic (exact) mass is 325 g/mol. The van der Waals surface area contributed by atoms with E-state index in [0.29, 0.717) is 30.3 Å². The molecule has 0 radical (unpaired) electrons. The lowest BCUT2D eigenvalue weighted by atomic mass is 10.2. The van der Waals surface area contributed by atoms with Crippen molar-refractivity contribution >= 4 is 10.2 Å². The van der Waals surface area contributed by atoms with Crippen molar-refractivity contribution < 1.29 is 12.8 Å². The minimum atomic E-state index is -3.47. The first-order valence-corrected chi connectivity index (χ1v) is 8.40. The van der Waals surface area contributed by atoms with E-state index >= 15 is 0 Å². The van der Waals surface area contributed by atoms with E-state index in [1.165, 1.54) is 16.4 Å². The van der Waals surface area contributed by atoms with Crippen molar-refractivity contribution in [1.82, 2.24) is 24.2 Å². The van der Waals surface area contributed by atoms with E-state index in [1.54, 1.807) is 12.1 Å². The Bertz CT molecular complexity index is 738. The normalized spacial score (nSPS) is 16.2. The van der Waals surface area contributed by atoms with Crippen molar-refractivity contribution in [1.29, 1.82) is 0 Å². The van der Waals surface area contributed by atoms with Crippen LogP contribution >= 0.6 is 0 Å². The van der Waals surface area contributed by atoms with E-state index in [4.69, 9.17) is 0 Å². The van der Waals surface area contributed by atoms with E-state index in [-0.39, 0.29) is 12.4 Å². The maximum absolute atomic E-state index is 12.9. The largest absolute Gasteiger partial charge is 0.279 e. The highest BCUT2D eigenvalue weighted by Crippen LogP contribution is 2.15. The summed E-state index contributed by atoms with van der Waals surface area (Å²) in [4.78, 5) is 4.21. The van der Waals surface area contributed by atoms with Crippen LogP contribution < -0.4 is 4.72 Å². The minimum Gasteiger partial charge on any atom is -0.262 e. The molecule has 118 valence electrons. The summed E-state index contributed by atoms with van der Waals surface area (Å²) in [6.07, 6.45) is 1.77. The summed E-state index contributed by atoms with van der Waals surface area (Å²) in [7, 11) is -3.47. The van der Waals surface area contributed by atoms with Crippen molar-refractivity contribution in [3.8, 4) is 11.4 Å². The number of aromatic nitrogens is 3. The molecule has 0 bridgehead atoms. The number of hydrogen-bond donors (Lipinski definition) is 2. The molecule has 0 unspecified atom stereocenters. The first kappa shape index (κ1) is 15.1. The summed E-state index contributed by atoms with van der Waals surface area (Å²) in [5.74, 6) is 0.468. The molecule has 3 rings (SSSR count). The van der Waals surface area contributed by atoms with Crippen molar-refractivity contribution in [2.45, 2.75) is 19.4 Å². The highest BCUT2D eigenvalue weighted by atomic mass is 32.2. The third kappa shape index (κ3) is 3.32. The number of nitrogens with one attached hydrogen (secondary N) is 2. The highest BCUT2D eigenvalue weighted by Gasteiger charge is 2.25. The predicted octanol–water partition coefficient (Wildman–Crippen LogP) is 1.04. The quantitative estimate of drug-likeness (QED) is 0.859. The van der Waals surface area contributed by atoms with Gasteiger partial charge in [-0.25, -0.2) is 9.37 Å². The molecule has 1 fully saturated rings. The second-order valence-electron chi connectivity index (χ2n) is 5.04. The predicted molar refractivity (Wildman–Crippen MR) is 78.3 cm³/mol. The Hall–Kier alpha value is -1.84. The summed E-state index contributed by atoms with van der Waals surface area (Å²) in [6, 6.07) is 5.77. The molecule has 1 aromatic carbocycles. The molecule has 2 aromatic rings. The number of benzene rings is 1. The summed E-state index contributed by atoms with van der Waals surface area (Å²) in [5, 5.41) is 6.69. The average molecular weight is 325 g/mol. The van der Waals surface area contributed by atoms with E-state index < -0.39 is 10.2 Å². The van der Waals surface area contributed by atoms with Crippen LogP contribution in [-0.4, -0.2) is 41.0 Å². The fourth-order valence-corrected chi connectivity index (χ4v) is 3.52. The standard InChI is InChI=1S/C13H16FN5O2S/c14-11-5-3-10(4-6-11)13-16-12(17-18-13)9-15-22(20,21)19-7-1-2-8-19/h3-6,15H,1-2,7-9H2,(H,16,17,18). The summed E-state index contributed by atoms with van der Waals surface area (Å²) in [6.45, 7) is 1.13. The van der Waals surface area contributed by atoms with Crippen molar-refractivity contribution in [3.05, 3.63) is 35.9 Å². The fourth-order valence-electron chi connectivity index (χ4n) is 2.28. The first-order chi connectivity index (χ1) is 10.5. The number of hydrogen-bond acceptors (Lipinski definition) is 4. The molecule has 0 atom stereocenters. The Balaban J connectivity index is 1.65. The lowest BCUT2D eigenvalue weighted by Crippen LogP contribution is -2.38. The second-order valence-corrected chi connectivity index (χ2v) is 6.80. The van der Waals surface area contributed by atoms with Crippen molar-refractivity contribution in [3.63, 3.8) is 0 Å². The van der Waals surface area contributed by atoms with Gasteiger partial charge in [-0.2, -0.15) is 22.5 Å². The van der Waals surface area contributed by atoms with Crippen LogP contribution in [0.2, 0.25) is 0 Å². The Morgan fingerprint density at radius 3 is 2.59 bits per heavy atom. The minimum absolute atomic E-state index is 0.0348. The van der Waals surface area contributed by atoms with Crippen LogP contribution in [0.5, 0.6) is 0 Å². The topological polar surface area (TPSA) is 91.0 Å². The van der Waals surface area contributed by atoms with Crippen LogP contribution in [0.3, 0.4) is 0 Å². The molecule has 2 N–H and O–H groups in total. The smallest absolute Gasteiger partial charge is 0.262 e. The maximum atomic E-state index is 12.9. The van der Waals surface area contributed by atoms with Crippen LogP contribution in [-0.2, 0) is 16.8 Å². The van der Waals surface area contributed by atoms with Gasteiger partial charge in [0.2, 0.25) is 0 Å². The van der Waals surface area contributed by atoms with Crippen molar-refractivity contribution in [2.75, 3.05) is 13.1 Å². The molecule has 1 aromatic heterocycles. The third-order valence-corrected chi connectivity index (χ3v) is 5.02. The van der Waals surface area contributed by atoms with Crippen LogP contribution in [0.4, 0.5) is 4.39 Å². The molecule has 1 saturated heterocycles. The molecule has 1 aliphatic rings. The van der Waals surface area contributed by atoms with Crippen molar-refractivity contribution in [2.24, 2.45) is 0 Å². The second kappa shape index (κ2) is 6.11. The number of rotatable bonds is 5. The number of halogens is 1. The van der Waals surface area contributed by atoms with Crippen LogP contribution in [0.1, 0.15) is 18.7 Å². The molecule has 7 nitrogen and oxygen atoms in total. The number of aromatic amines is 1. The molecule has 9 heteroatoms. The molecule has 0 saturated carbocycles. The van der Waals surface area contributed by atoms with Gasteiger partial charge in [0.15, 0.2) is 5.82 Å². The lowest BCUT2D eigenvalue weighted by Gasteiger charge is -2.15. The number of nitrogens with zero attached hydrogens (tertiary/aromatic N) is 3. The molecule has 2 heterocycles. The lowest BCUT2D eigenvalue weighted by molar-refractivity contribution is 0.464. The van der Waals surface area contributed by atoms with Gasteiger partial charge in [-0.05, 0) is 37.1 Å². The highest BCUT2D eigenvalue weighted by molar-refractivity contribution is 7.87. The molecule has 0 spiro atoms. The SMILES string of the molecule is O=S(=O)(NCc1nc(-c2ccc(F)cc2)n[nH]1)N1CCCC1. The Morgan fingerprint density at radius 2 is 1.91 bits per heavy atom. The van der Waals surface area contributed by atoms with Gasteiger partial charge in [0.25, 0.3) is 10.2 Å². The van der Waals surface area contributed by atoms with Gasteiger partial charge >= 0.3 is 0 Å². The molecule has 22 heavy (non-hydrogen) atoms. The van der Waals surface area contributed by atoms with Gasteiger partial charge in [0.05, 0.1) is 6.54 Å². The van der Waals surface area contributed by atoms with E-state index in [9.17, 15) is 12.8 Å². The van der Waals surface area contributed by atoms with Gasteiger partial charge in [-0.1, -0.05) is 0 Å². The zero-order valence-electron chi connectivity index (χ0n) is 11.8. The zero-order chi connectivity index (χ0) is 15.6. The van der Waals surface area contributed by atoms with Crippen LogP contribution in [0.25, 0.3) is 11.4 Å².